The van der Waals surface area contributed by atoms with E-state index < -0.39 is 0 Å². The molecule has 3 nitrogen and oxygen atoms in total. The topological polar surface area (TPSA) is 27.7 Å². The van der Waals surface area contributed by atoms with Gasteiger partial charge in [-0.25, -0.2) is 0 Å². The first-order valence-corrected chi connectivity index (χ1v) is 4.82. The molecule has 0 saturated carbocycles. The molecular formula is C9H21BO3. The zero-order chi connectivity index (χ0) is 9.94. The molecule has 0 aromatic heterocycles. The number of rotatable bonds is 9. The Hall–Kier alpha value is -0.0551. The van der Waals surface area contributed by atoms with Crippen LogP contribution < -0.4 is 0 Å². The summed E-state index contributed by atoms with van der Waals surface area (Å²) in [6.45, 7) is 3.16. The molecule has 0 unspecified atom stereocenters. The van der Waals surface area contributed by atoms with E-state index in [0.29, 0.717) is 6.71 Å². The van der Waals surface area contributed by atoms with Gasteiger partial charge >= 0.3 is 0 Å². The zero-order valence-corrected chi connectivity index (χ0v) is 9.04. The summed E-state index contributed by atoms with van der Waals surface area (Å²) in [5.74, 6) is 0. The molecule has 0 bridgehead atoms. The molecular weight excluding hydrogens is 167 g/mol. The molecule has 0 amide bonds. The summed E-state index contributed by atoms with van der Waals surface area (Å²) < 4.78 is 15.2. The first-order valence-electron chi connectivity index (χ1n) is 4.82. The molecule has 0 fully saturated rings. The van der Waals surface area contributed by atoms with Crippen molar-refractivity contribution in [3.05, 3.63) is 0 Å². The van der Waals surface area contributed by atoms with Gasteiger partial charge in [-0.1, -0.05) is 19.0 Å². The second kappa shape index (κ2) is 10.0. The number of methoxy groups -OCH3 is 3. The normalized spacial score (nSPS) is 10.4. The van der Waals surface area contributed by atoms with Crippen molar-refractivity contribution in [3.8, 4) is 0 Å². The molecule has 0 N–H and O–H groups in total. The Kier molecular flexibility index (Phi) is 9.99. The molecule has 0 aromatic rings. The fraction of sp³-hybridized carbons (Fsp3) is 1.00. The summed E-state index contributed by atoms with van der Waals surface area (Å²) in [5, 5.41) is 0. The summed E-state index contributed by atoms with van der Waals surface area (Å²) in [4.78, 5) is 0. The van der Waals surface area contributed by atoms with Gasteiger partial charge in [-0.3, -0.25) is 0 Å². The Balaban J connectivity index is 3.47. The minimum absolute atomic E-state index is 0.667. The third kappa shape index (κ3) is 8.28. The summed E-state index contributed by atoms with van der Waals surface area (Å²) in [7, 11) is 5.22. The van der Waals surface area contributed by atoms with Crippen molar-refractivity contribution < 1.29 is 14.2 Å². The van der Waals surface area contributed by atoms with Crippen LogP contribution in [0.25, 0.3) is 0 Å². The summed E-state index contributed by atoms with van der Waals surface area (Å²) in [5.41, 5.74) is 0. The van der Waals surface area contributed by atoms with Crippen LogP contribution in [0.1, 0.15) is 0 Å². The summed E-state index contributed by atoms with van der Waals surface area (Å²) in [6, 6.07) is 0. The molecule has 0 aliphatic carbocycles. The van der Waals surface area contributed by atoms with Crippen molar-refractivity contribution in [2.45, 2.75) is 19.0 Å². The van der Waals surface area contributed by atoms with Crippen LogP contribution in [-0.4, -0.2) is 47.9 Å². The number of hydrogen-bond acceptors (Lipinski definition) is 3. The highest BCUT2D eigenvalue weighted by Gasteiger charge is 2.12. The van der Waals surface area contributed by atoms with E-state index in [-0.39, 0.29) is 0 Å². The molecule has 0 aromatic carbocycles. The van der Waals surface area contributed by atoms with E-state index in [1.54, 1.807) is 21.3 Å². The molecule has 78 valence electrons. The molecule has 0 atom stereocenters. The standard InChI is InChI=1S/C9H21BO3/c1-11-7-4-10(5-8-12-2)6-9-13-3/h4-9H2,1-3H3. The van der Waals surface area contributed by atoms with Gasteiger partial charge in [0.15, 0.2) is 0 Å². The minimum atomic E-state index is 0.667. The van der Waals surface area contributed by atoms with Gasteiger partial charge in [0.05, 0.1) is 0 Å². The van der Waals surface area contributed by atoms with Gasteiger partial charge in [0.1, 0.15) is 6.71 Å². The molecule has 0 rings (SSSR count). The second-order valence-corrected chi connectivity index (χ2v) is 3.21. The van der Waals surface area contributed by atoms with Crippen LogP contribution in [0.5, 0.6) is 0 Å². The Morgan fingerprint density at radius 3 is 1.23 bits per heavy atom. The fourth-order valence-electron chi connectivity index (χ4n) is 1.29. The average molecular weight is 188 g/mol. The van der Waals surface area contributed by atoms with E-state index in [1.165, 1.54) is 0 Å². The van der Waals surface area contributed by atoms with Crippen molar-refractivity contribution in [1.29, 1.82) is 0 Å². The predicted molar refractivity (Wildman–Crippen MR) is 55.8 cm³/mol. The van der Waals surface area contributed by atoms with Crippen molar-refractivity contribution >= 4 is 6.71 Å². The highest BCUT2D eigenvalue weighted by atomic mass is 16.5. The van der Waals surface area contributed by atoms with Crippen molar-refractivity contribution in [2.75, 3.05) is 41.2 Å². The first-order chi connectivity index (χ1) is 6.35. The summed E-state index contributed by atoms with van der Waals surface area (Å²) >= 11 is 0. The largest absolute Gasteiger partial charge is 0.385 e. The SMILES string of the molecule is COCCB(CCOC)CCOC. The number of ether oxygens (including phenoxy) is 3. The lowest BCUT2D eigenvalue weighted by atomic mass is 9.43. The van der Waals surface area contributed by atoms with Crippen LogP contribution in [0.2, 0.25) is 19.0 Å². The van der Waals surface area contributed by atoms with E-state index in [2.05, 4.69) is 0 Å². The Labute approximate surface area is 81.8 Å². The monoisotopic (exact) mass is 188 g/mol. The first kappa shape index (κ1) is 12.9. The van der Waals surface area contributed by atoms with E-state index in [4.69, 9.17) is 14.2 Å². The van der Waals surface area contributed by atoms with Crippen LogP contribution in [0.15, 0.2) is 0 Å². The molecule has 0 spiro atoms. The predicted octanol–water partition coefficient (Wildman–Crippen LogP) is 1.42. The number of hydrogen-bond donors (Lipinski definition) is 0. The van der Waals surface area contributed by atoms with E-state index >= 15 is 0 Å². The van der Waals surface area contributed by atoms with Gasteiger partial charge in [0.2, 0.25) is 0 Å². The smallest absolute Gasteiger partial charge is 0.147 e. The van der Waals surface area contributed by atoms with Gasteiger partial charge in [-0.05, 0) is 0 Å². The van der Waals surface area contributed by atoms with E-state index in [1.807, 2.05) is 0 Å². The van der Waals surface area contributed by atoms with Gasteiger partial charge in [-0.2, -0.15) is 0 Å². The van der Waals surface area contributed by atoms with E-state index in [0.717, 1.165) is 38.8 Å². The van der Waals surface area contributed by atoms with Crippen LogP contribution in [0.3, 0.4) is 0 Å². The molecule has 0 heterocycles. The summed E-state index contributed by atoms with van der Waals surface area (Å²) in [6.07, 6.45) is 3.30. The molecule has 0 radical (unpaired) electrons. The Bertz CT molecular complexity index is 81.8. The maximum atomic E-state index is 5.05. The average Bonchev–Trinajstić information content (AvgIpc) is 2.17. The Morgan fingerprint density at radius 2 is 1.00 bits per heavy atom. The van der Waals surface area contributed by atoms with Gasteiger partial charge < -0.3 is 14.2 Å². The molecule has 4 heteroatoms. The lowest BCUT2D eigenvalue weighted by Gasteiger charge is -2.11. The van der Waals surface area contributed by atoms with Gasteiger partial charge in [0.25, 0.3) is 0 Å². The third-order valence-corrected chi connectivity index (χ3v) is 2.19. The second-order valence-electron chi connectivity index (χ2n) is 3.21. The van der Waals surface area contributed by atoms with Crippen LogP contribution in [0, 0.1) is 0 Å². The van der Waals surface area contributed by atoms with Crippen LogP contribution >= 0.6 is 0 Å². The van der Waals surface area contributed by atoms with Crippen LogP contribution in [0.4, 0.5) is 0 Å². The maximum absolute atomic E-state index is 5.05. The minimum Gasteiger partial charge on any atom is -0.385 e. The van der Waals surface area contributed by atoms with Crippen LogP contribution in [-0.2, 0) is 14.2 Å². The quantitative estimate of drug-likeness (QED) is 0.512. The molecule has 13 heavy (non-hydrogen) atoms. The van der Waals surface area contributed by atoms with Gasteiger partial charge in [-0.15, -0.1) is 0 Å². The van der Waals surface area contributed by atoms with Gasteiger partial charge in [0, 0.05) is 41.2 Å². The Morgan fingerprint density at radius 1 is 0.692 bits per heavy atom. The van der Waals surface area contributed by atoms with Crippen molar-refractivity contribution in [2.24, 2.45) is 0 Å². The molecule has 0 aliphatic heterocycles. The molecule has 0 aliphatic rings. The van der Waals surface area contributed by atoms with Crippen molar-refractivity contribution in [3.63, 3.8) is 0 Å². The lowest BCUT2D eigenvalue weighted by Crippen LogP contribution is -2.18. The lowest BCUT2D eigenvalue weighted by molar-refractivity contribution is 0.203. The third-order valence-electron chi connectivity index (χ3n) is 2.19. The highest BCUT2D eigenvalue weighted by Crippen LogP contribution is 2.06. The fourth-order valence-corrected chi connectivity index (χ4v) is 1.29. The maximum Gasteiger partial charge on any atom is 0.147 e. The molecule has 0 saturated heterocycles. The zero-order valence-electron chi connectivity index (χ0n) is 9.04. The highest BCUT2D eigenvalue weighted by molar-refractivity contribution is 6.58. The van der Waals surface area contributed by atoms with Crippen molar-refractivity contribution in [1.82, 2.24) is 0 Å². The van der Waals surface area contributed by atoms with E-state index in [9.17, 15) is 0 Å².